The van der Waals surface area contributed by atoms with Crippen LogP contribution in [0.2, 0.25) is 0 Å². The highest BCUT2D eigenvalue weighted by Crippen LogP contribution is 2.44. The van der Waals surface area contributed by atoms with Gasteiger partial charge in [0.15, 0.2) is 0 Å². The smallest absolute Gasteiger partial charge is 0.105 e. The van der Waals surface area contributed by atoms with Crippen molar-refractivity contribution < 1.29 is 9.84 Å². The van der Waals surface area contributed by atoms with E-state index in [9.17, 15) is 5.11 Å². The lowest BCUT2D eigenvalue weighted by Gasteiger charge is -2.41. The summed E-state index contributed by atoms with van der Waals surface area (Å²) >= 11 is 5.09. The van der Waals surface area contributed by atoms with Gasteiger partial charge in [-0.3, -0.25) is 0 Å². The fourth-order valence-electron chi connectivity index (χ4n) is 2.16. The molecule has 1 aliphatic rings. The van der Waals surface area contributed by atoms with Gasteiger partial charge < -0.3 is 9.84 Å². The molecular weight excluding hydrogens is 276 g/mol. The third-order valence-corrected chi connectivity index (χ3v) is 4.80. The number of halogens is 1. The third kappa shape index (κ3) is 2.28. The maximum atomic E-state index is 10.6. The van der Waals surface area contributed by atoms with Crippen molar-refractivity contribution in [3.8, 4) is 0 Å². The maximum absolute atomic E-state index is 10.6. The molecule has 1 fully saturated rings. The van der Waals surface area contributed by atoms with Crippen molar-refractivity contribution in [1.29, 1.82) is 0 Å². The highest BCUT2D eigenvalue weighted by atomic mass is 79.9. The SMILES string of the molecule is CC1(C)CC(O)(c2sccc2Br)CCO1. The Bertz CT molecular complexity index is 361. The van der Waals surface area contributed by atoms with E-state index >= 15 is 0 Å². The quantitative estimate of drug-likeness (QED) is 0.860. The molecular formula is C11H15BrO2S. The van der Waals surface area contributed by atoms with Crippen LogP contribution < -0.4 is 0 Å². The van der Waals surface area contributed by atoms with Gasteiger partial charge >= 0.3 is 0 Å². The fraction of sp³-hybridized carbons (Fsp3) is 0.636. The van der Waals surface area contributed by atoms with Crippen molar-refractivity contribution >= 4 is 27.3 Å². The molecule has 0 bridgehead atoms. The van der Waals surface area contributed by atoms with E-state index in [0.29, 0.717) is 19.4 Å². The molecule has 1 aliphatic heterocycles. The summed E-state index contributed by atoms with van der Waals surface area (Å²) in [5.74, 6) is 0. The maximum Gasteiger partial charge on any atom is 0.105 e. The van der Waals surface area contributed by atoms with Crippen LogP contribution in [0.1, 0.15) is 31.6 Å². The van der Waals surface area contributed by atoms with Gasteiger partial charge in [0.1, 0.15) is 5.60 Å². The second kappa shape index (κ2) is 3.84. The molecule has 1 aromatic rings. The van der Waals surface area contributed by atoms with E-state index in [-0.39, 0.29) is 5.60 Å². The van der Waals surface area contributed by atoms with Crippen LogP contribution in [0.4, 0.5) is 0 Å². The van der Waals surface area contributed by atoms with E-state index in [0.717, 1.165) is 9.35 Å². The molecule has 84 valence electrons. The number of ether oxygens (including phenoxy) is 1. The molecule has 0 amide bonds. The molecule has 2 rings (SSSR count). The standard InChI is InChI=1S/C11H15BrO2S/c1-10(2)7-11(13,4-5-14-10)9-8(12)3-6-15-9/h3,6,13H,4-5,7H2,1-2H3. The van der Waals surface area contributed by atoms with Crippen molar-refractivity contribution in [2.24, 2.45) is 0 Å². The summed E-state index contributed by atoms with van der Waals surface area (Å²) in [4.78, 5) is 1.03. The Balaban J connectivity index is 2.31. The van der Waals surface area contributed by atoms with Gasteiger partial charge in [0.25, 0.3) is 0 Å². The van der Waals surface area contributed by atoms with Gasteiger partial charge in [-0.05, 0) is 41.2 Å². The Morgan fingerprint density at radius 2 is 2.27 bits per heavy atom. The normalized spacial score (nSPS) is 30.4. The number of hydrogen-bond acceptors (Lipinski definition) is 3. The summed E-state index contributed by atoms with van der Waals surface area (Å²) in [5, 5.41) is 12.6. The molecule has 0 aliphatic carbocycles. The van der Waals surface area contributed by atoms with Crippen LogP contribution in [0.25, 0.3) is 0 Å². The van der Waals surface area contributed by atoms with Crippen molar-refractivity contribution in [2.45, 2.75) is 37.9 Å². The Kier molecular flexibility index (Phi) is 2.97. The van der Waals surface area contributed by atoms with E-state index in [1.54, 1.807) is 11.3 Å². The zero-order valence-corrected chi connectivity index (χ0v) is 11.3. The lowest BCUT2D eigenvalue weighted by Crippen LogP contribution is -2.43. The van der Waals surface area contributed by atoms with Gasteiger partial charge in [-0.2, -0.15) is 0 Å². The molecule has 1 unspecified atom stereocenters. The van der Waals surface area contributed by atoms with Gasteiger partial charge in [0.05, 0.1) is 17.1 Å². The van der Waals surface area contributed by atoms with Crippen molar-refractivity contribution in [1.82, 2.24) is 0 Å². The summed E-state index contributed by atoms with van der Waals surface area (Å²) in [5.41, 5.74) is -0.967. The van der Waals surface area contributed by atoms with E-state index in [4.69, 9.17) is 4.74 Å². The van der Waals surface area contributed by atoms with Crippen LogP contribution in [-0.4, -0.2) is 17.3 Å². The Labute approximate surface area is 102 Å². The summed E-state index contributed by atoms with van der Waals surface area (Å²) in [6, 6.07) is 1.99. The summed E-state index contributed by atoms with van der Waals surface area (Å²) in [6.07, 6.45) is 1.33. The van der Waals surface area contributed by atoms with E-state index in [1.165, 1.54) is 0 Å². The summed E-state index contributed by atoms with van der Waals surface area (Å²) in [7, 11) is 0. The molecule has 1 saturated heterocycles. The van der Waals surface area contributed by atoms with Crippen LogP contribution in [0, 0.1) is 0 Å². The van der Waals surface area contributed by atoms with Crippen LogP contribution in [0.15, 0.2) is 15.9 Å². The van der Waals surface area contributed by atoms with Crippen molar-refractivity contribution in [2.75, 3.05) is 6.61 Å². The second-order valence-electron chi connectivity index (χ2n) is 4.66. The van der Waals surface area contributed by atoms with Gasteiger partial charge in [-0.25, -0.2) is 0 Å². The topological polar surface area (TPSA) is 29.5 Å². The van der Waals surface area contributed by atoms with Crippen molar-refractivity contribution in [3.63, 3.8) is 0 Å². The predicted octanol–water partition coefficient (Wildman–Crippen LogP) is 3.29. The van der Waals surface area contributed by atoms with E-state index < -0.39 is 5.60 Å². The van der Waals surface area contributed by atoms with Gasteiger partial charge in [-0.15, -0.1) is 11.3 Å². The number of rotatable bonds is 1. The molecule has 0 aromatic carbocycles. The largest absolute Gasteiger partial charge is 0.384 e. The predicted molar refractivity (Wildman–Crippen MR) is 65.2 cm³/mol. The molecule has 2 nitrogen and oxygen atoms in total. The second-order valence-corrected chi connectivity index (χ2v) is 6.43. The molecule has 2 heterocycles. The molecule has 1 aromatic heterocycles. The van der Waals surface area contributed by atoms with Crippen LogP contribution >= 0.6 is 27.3 Å². The first-order chi connectivity index (χ1) is 6.93. The number of aliphatic hydroxyl groups is 1. The average Bonchev–Trinajstić information content (AvgIpc) is 2.49. The molecule has 0 spiro atoms. The van der Waals surface area contributed by atoms with Crippen LogP contribution in [0.3, 0.4) is 0 Å². The first kappa shape index (κ1) is 11.6. The molecule has 0 radical (unpaired) electrons. The summed E-state index contributed by atoms with van der Waals surface area (Å²) < 4.78 is 6.64. The Hall–Kier alpha value is 0.1000. The Morgan fingerprint density at radius 3 is 2.80 bits per heavy atom. The Morgan fingerprint density at radius 1 is 1.53 bits per heavy atom. The minimum absolute atomic E-state index is 0.240. The number of thiophene rings is 1. The molecule has 4 heteroatoms. The third-order valence-electron chi connectivity index (χ3n) is 2.77. The average molecular weight is 291 g/mol. The molecule has 1 atom stereocenters. The minimum Gasteiger partial charge on any atom is -0.384 e. The fourth-order valence-corrected chi connectivity index (χ4v) is 4.03. The lowest BCUT2D eigenvalue weighted by atomic mass is 9.83. The van der Waals surface area contributed by atoms with Crippen molar-refractivity contribution in [3.05, 3.63) is 20.8 Å². The first-order valence-electron chi connectivity index (χ1n) is 5.03. The number of hydrogen-bond donors (Lipinski definition) is 1. The highest BCUT2D eigenvalue weighted by Gasteiger charge is 2.42. The van der Waals surface area contributed by atoms with Gasteiger partial charge in [0, 0.05) is 17.3 Å². The highest BCUT2D eigenvalue weighted by molar-refractivity contribution is 9.10. The first-order valence-corrected chi connectivity index (χ1v) is 6.70. The zero-order chi connectivity index (χ0) is 11.1. The minimum atomic E-state index is -0.727. The van der Waals surface area contributed by atoms with Crippen LogP contribution in [-0.2, 0) is 10.3 Å². The van der Waals surface area contributed by atoms with Crippen LogP contribution in [0.5, 0.6) is 0 Å². The monoisotopic (exact) mass is 290 g/mol. The molecule has 0 saturated carbocycles. The summed E-state index contributed by atoms with van der Waals surface area (Å²) in [6.45, 7) is 4.67. The van der Waals surface area contributed by atoms with E-state index in [1.807, 2.05) is 25.3 Å². The molecule has 15 heavy (non-hydrogen) atoms. The van der Waals surface area contributed by atoms with E-state index in [2.05, 4.69) is 15.9 Å². The molecule has 1 N–H and O–H groups in total. The zero-order valence-electron chi connectivity index (χ0n) is 8.92. The lowest BCUT2D eigenvalue weighted by molar-refractivity contribution is -0.147. The van der Waals surface area contributed by atoms with Gasteiger partial charge in [0.2, 0.25) is 0 Å². The van der Waals surface area contributed by atoms with Gasteiger partial charge in [-0.1, -0.05) is 0 Å².